The lowest BCUT2D eigenvalue weighted by molar-refractivity contribution is 0.475. The maximum absolute atomic E-state index is 9.24. The molecule has 4 heteroatoms. The molecule has 0 heterocycles. The number of hydrogen-bond donors (Lipinski definition) is 2. The topological polar surface area (TPSA) is 49.5 Å². The Morgan fingerprint density at radius 2 is 1.83 bits per heavy atom. The van der Waals surface area contributed by atoms with E-state index in [0.717, 1.165) is 11.3 Å². The van der Waals surface area contributed by atoms with Crippen LogP contribution in [-0.2, 0) is 6.54 Å². The molecule has 0 unspecified atom stereocenters. The van der Waals surface area contributed by atoms with E-state index in [1.807, 2.05) is 30.1 Å². The van der Waals surface area contributed by atoms with Gasteiger partial charge in [-0.25, -0.2) is 0 Å². The number of nitrogen functional groups attached to an aromatic ring is 1. The van der Waals surface area contributed by atoms with Gasteiger partial charge in [-0.2, -0.15) is 0 Å². The third-order valence-electron chi connectivity index (χ3n) is 2.76. The number of aromatic hydroxyl groups is 1. The van der Waals surface area contributed by atoms with Crippen LogP contribution in [-0.4, -0.2) is 12.2 Å². The number of benzene rings is 2. The van der Waals surface area contributed by atoms with Gasteiger partial charge in [0.15, 0.2) is 0 Å². The first-order chi connectivity index (χ1) is 8.56. The third kappa shape index (κ3) is 2.87. The Morgan fingerprint density at radius 3 is 2.50 bits per heavy atom. The van der Waals surface area contributed by atoms with Gasteiger partial charge in [-0.3, -0.25) is 0 Å². The summed E-state index contributed by atoms with van der Waals surface area (Å²) in [6.45, 7) is 0.699. The van der Waals surface area contributed by atoms with E-state index in [-0.39, 0.29) is 5.75 Å². The second kappa shape index (κ2) is 5.19. The van der Waals surface area contributed by atoms with Crippen LogP contribution in [0.5, 0.6) is 5.75 Å². The van der Waals surface area contributed by atoms with Crippen molar-refractivity contribution in [2.75, 3.05) is 17.7 Å². The normalized spacial score (nSPS) is 10.3. The lowest BCUT2D eigenvalue weighted by Crippen LogP contribution is -2.17. The number of phenols is 1. The molecule has 0 aliphatic heterocycles. The summed E-state index contributed by atoms with van der Waals surface area (Å²) in [5.74, 6) is 0.267. The molecule has 3 N–H and O–H groups in total. The molecule has 3 nitrogen and oxygen atoms in total. The van der Waals surface area contributed by atoms with Gasteiger partial charge in [-0.15, -0.1) is 0 Å². The highest BCUT2D eigenvalue weighted by atomic mass is 35.5. The molecule has 2 rings (SSSR count). The van der Waals surface area contributed by atoms with E-state index in [2.05, 4.69) is 0 Å². The molecule has 0 aliphatic rings. The van der Waals surface area contributed by atoms with Crippen molar-refractivity contribution in [1.29, 1.82) is 0 Å². The van der Waals surface area contributed by atoms with E-state index in [1.165, 1.54) is 0 Å². The first kappa shape index (κ1) is 12.6. The van der Waals surface area contributed by atoms with Crippen molar-refractivity contribution in [1.82, 2.24) is 0 Å². The molecular formula is C14H15ClN2O. The van der Waals surface area contributed by atoms with E-state index in [0.29, 0.717) is 17.3 Å². The first-order valence-electron chi connectivity index (χ1n) is 5.60. The van der Waals surface area contributed by atoms with Crippen molar-refractivity contribution in [3.63, 3.8) is 0 Å². The summed E-state index contributed by atoms with van der Waals surface area (Å²) < 4.78 is 0. The second-order valence-corrected chi connectivity index (χ2v) is 4.66. The zero-order valence-corrected chi connectivity index (χ0v) is 10.9. The van der Waals surface area contributed by atoms with Gasteiger partial charge in [0, 0.05) is 18.6 Å². The second-order valence-electron chi connectivity index (χ2n) is 4.23. The van der Waals surface area contributed by atoms with Crippen molar-refractivity contribution in [3.05, 3.63) is 53.1 Å². The predicted molar refractivity (Wildman–Crippen MR) is 76.1 cm³/mol. The molecule has 2 aromatic rings. The van der Waals surface area contributed by atoms with Crippen LogP contribution in [0.15, 0.2) is 42.5 Å². The van der Waals surface area contributed by atoms with Crippen molar-refractivity contribution in [2.45, 2.75) is 6.54 Å². The fraction of sp³-hybridized carbons (Fsp3) is 0.143. The smallest absolute Gasteiger partial charge is 0.115 e. The molecule has 0 aromatic heterocycles. The summed E-state index contributed by atoms with van der Waals surface area (Å²) in [6.07, 6.45) is 0. The number of hydrogen-bond acceptors (Lipinski definition) is 3. The summed E-state index contributed by atoms with van der Waals surface area (Å²) in [5, 5.41) is 9.90. The van der Waals surface area contributed by atoms with Gasteiger partial charge in [0.05, 0.1) is 11.4 Å². The average Bonchev–Trinajstić information content (AvgIpc) is 2.35. The van der Waals surface area contributed by atoms with E-state index < -0.39 is 0 Å². The summed E-state index contributed by atoms with van der Waals surface area (Å²) in [5.41, 5.74) is 8.61. The van der Waals surface area contributed by atoms with E-state index in [1.54, 1.807) is 24.3 Å². The van der Waals surface area contributed by atoms with Gasteiger partial charge >= 0.3 is 0 Å². The standard InChI is InChI=1S/C14H15ClN2O/c1-17(9-10-2-5-12(18)6-3-10)14-8-11(15)4-7-13(14)16/h2-8,18H,9,16H2,1H3. The molecular weight excluding hydrogens is 248 g/mol. The maximum Gasteiger partial charge on any atom is 0.115 e. The highest BCUT2D eigenvalue weighted by molar-refractivity contribution is 6.31. The van der Waals surface area contributed by atoms with Gasteiger partial charge < -0.3 is 15.7 Å². The molecule has 2 aromatic carbocycles. The van der Waals surface area contributed by atoms with Gasteiger partial charge in [-0.05, 0) is 35.9 Å². The third-order valence-corrected chi connectivity index (χ3v) is 2.99. The van der Waals surface area contributed by atoms with Crippen LogP contribution >= 0.6 is 11.6 Å². The molecule has 94 valence electrons. The minimum Gasteiger partial charge on any atom is -0.508 e. The van der Waals surface area contributed by atoms with Crippen LogP contribution in [0, 0.1) is 0 Å². The Morgan fingerprint density at radius 1 is 1.17 bits per heavy atom. The van der Waals surface area contributed by atoms with E-state index in [9.17, 15) is 5.11 Å². The zero-order chi connectivity index (χ0) is 13.1. The molecule has 0 bridgehead atoms. The van der Waals surface area contributed by atoms with Crippen molar-refractivity contribution >= 4 is 23.0 Å². The molecule has 0 radical (unpaired) electrons. The van der Waals surface area contributed by atoms with Gasteiger partial charge in [0.1, 0.15) is 5.75 Å². The van der Waals surface area contributed by atoms with Crippen LogP contribution in [0.2, 0.25) is 5.02 Å². The fourth-order valence-electron chi connectivity index (χ4n) is 1.81. The van der Waals surface area contributed by atoms with Crippen LogP contribution in [0.4, 0.5) is 11.4 Å². The summed E-state index contributed by atoms with van der Waals surface area (Å²) in [7, 11) is 1.95. The first-order valence-corrected chi connectivity index (χ1v) is 5.98. The summed E-state index contributed by atoms with van der Waals surface area (Å²) >= 11 is 5.97. The molecule has 18 heavy (non-hydrogen) atoms. The largest absolute Gasteiger partial charge is 0.508 e. The minimum absolute atomic E-state index is 0.267. The van der Waals surface area contributed by atoms with Crippen LogP contribution < -0.4 is 10.6 Å². The lowest BCUT2D eigenvalue weighted by atomic mass is 10.2. The van der Waals surface area contributed by atoms with Crippen LogP contribution in [0.3, 0.4) is 0 Å². The van der Waals surface area contributed by atoms with Crippen molar-refractivity contribution in [2.24, 2.45) is 0 Å². The predicted octanol–water partition coefficient (Wildman–Crippen LogP) is 3.26. The van der Waals surface area contributed by atoms with Crippen LogP contribution in [0.25, 0.3) is 0 Å². The Kier molecular flexibility index (Phi) is 3.63. The Labute approximate surface area is 111 Å². The Bertz CT molecular complexity index is 540. The Balaban J connectivity index is 2.18. The van der Waals surface area contributed by atoms with E-state index in [4.69, 9.17) is 17.3 Å². The number of anilines is 2. The molecule has 0 amide bonds. The number of nitrogens with two attached hydrogens (primary N) is 1. The number of nitrogens with zero attached hydrogens (tertiary/aromatic N) is 1. The highest BCUT2D eigenvalue weighted by Gasteiger charge is 2.07. The minimum atomic E-state index is 0.267. The van der Waals surface area contributed by atoms with Crippen molar-refractivity contribution in [3.8, 4) is 5.75 Å². The quantitative estimate of drug-likeness (QED) is 0.835. The molecule has 0 atom stereocenters. The Hall–Kier alpha value is -1.87. The van der Waals surface area contributed by atoms with Crippen LogP contribution in [0.1, 0.15) is 5.56 Å². The van der Waals surface area contributed by atoms with Gasteiger partial charge in [0.2, 0.25) is 0 Å². The van der Waals surface area contributed by atoms with Crippen molar-refractivity contribution < 1.29 is 5.11 Å². The average molecular weight is 263 g/mol. The fourth-order valence-corrected chi connectivity index (χ4v) is 1.97. The maximum atomic E-state index is 9.24. The monoisotopic (exact) mass is 262 g/mol. The molecule has 0 saturated carbocycles. The highest BCUT2D eigenvalue weighted by Crippen LogP contribution is 2.27. The summed E-state index contributed by atoms with van der Waals surface area (Å²) in [6, 6.07) is 12.5. The summed E-state index contributed by atoms with van der Waals surface area (Å²) in [4.78, 5) is 2.02. The molecule has 0 aliphatic carbocycles. The molecule has 0 saturated heterocycles. The molecule has 0 spiro atoms. The van der Waals surface area contributed by atoms with E-state index >= 15 is 0 Å². The lowest BCUT2D eigenvalue weighted by Gasteiger charge is -2.21. The number of rotatable bonds is 3. The number of halogens is 1. The number of phenolic OH excluding ortho intramolecular Hbond substituents is 1. The zero-order valence-electron chi connectivity index (χ0n) is 10.1. The van der Waals surface area contributed by atoms with Gasteiger partial charge in [-0.1, -0.05) is 23.7 Å². The van der Waals surface area contributed by atoms with Gasteiger partial charge in [0.25, 0.3) is 0 Å². The SMILES string of the molecule is CN(Cc1ccc(O)cc1)c1cc(Cl)ccc1N. The molecule has 0 fully saturated rings.